The second kappa shape index (κ2) is 7.86. The molecule has 5 nitrogen and oxygen atoms in total. The molecular formula is C16H20ClN3O2S. The lowest BCUT2D eigenvalue weighted by Gasteiger charge is -2.12. The van der Waals surface area contributed by atoms with E-state index in [-0.39, 0.29) is 17.2 Å². The van der Waals surface area contributed by atoms with Gasteiger partial charge in [-0.05, 0) is 32.3 Å². The summed E-state index contributed by atoms with van der Waals surface area (Å²) in [6, 6.07) is 6.95. The van der Waals surface area contributed by atoms with Crippen LogP contribution in [0.3, 0.4) is 0 Å². The Morgan fingerprint density at radius 2 is 2.09 bits per heavy atom. The molecule has 0 saturated heterocycles. The number of nitrogens with one attached hydrogen (secondary N) is 1. The van der Waals surface area contributed by atoms with Gasteiger partial charge in [-0.15, -0.1) is 11.8 Å². The van der Waals surface area contributed by atoms with Gasteiger partial charge in [-0.2, -0.15) is 0 Å². The number of nitrogens with zero attached hydrogens (tertiary/aromatic N) is 2. The third-order valence-electron chi connectivity index (χ3n) is 3.41. The molecule has 1 amide bonds. The maximum Gasteiger partial charge on any atom is 0.251 e. The number of fused-ring (bicyclic) bond motifs is 1. The summed E-state index contributed by atoms with van der Waals surface area (Å²) in [5, 5.41) is 4.34. The Hall–Kier alpha value is -1.50. The van der Waals surface area contributed by atoms with E-state index in [1.54, 1.807) is 23.7 Å². The Morgan fingerprint density at radius 1 is 1.35 bits per heavy atom. The summed E-state index contributed by atoms with van der Waals surface area (Å²) in [6.07, 6.45) is 0. The van der Waals surface area contributed by atoms with Crippen LogP contribution in [0.2, 0.25) is 5.02 Å². The summed E-state index contributed by atoms with van der Waals surface area (Å²) in [4.78, 5) is 26.7. The average Bonchev–Trinajstić information content (AvgIpc) is 2.49. The van der Waals surface area contributed by atoms with Crippen molar-refractivity contribution in [3.05, 3.63) is 39.6 Å². The molecule has 0 bridgehead atoms. The van der Waals surface area contributed by atoms with Crippen molar-refractivity contribution in [2.24, 2.45) is 7.05 Å². The van der Waals surface area contributed by atoms with E-state index in [2.05, 4.69) is 5.32 Å². The zero-order chi connectivity index (χ0) is 17.0. The average molecular weight is 354 g/mol. The number of aromatic nitrogens is 1. The first kappa shape index (κ1) is 17.8. The van der Waals surface area contributed by atoms with Crippen LogP contribution in [-0.2, 0) is 11.8 Å². The van der Waals surface area contributed by atoms with Crippen molar-refractivity contribution >= 4 is 40.2 Å². The van der Waals surface area contributed by atoms with Crippen molar-refractivity contribution in [1.29, 1.82) is 0 Å². The van der Waals surface area contributed by atoms with Crippen LogP contribution in [0.5, 0.6) is 0 Å². The number of thioether (sulfide) groups is 1. The fourth-order valence-electron chi connectivity index (χ4n) is 2.14. The van der Waals surface area contributed by atoms with E-state index in [0.717, 1.165) is 22.3 Å². The van der Waals surface area contributed by atoms with Gasteiger partial charge in [0.2, 0.25) is 5.91 Å². The van der Waals surface area contributed by atoms with E-state index < -0.39 is 0 Å². The summed E-state index contributed by atoms with van der Waals surface area (Å²) in [5.74, 6) is 0.218. The lowest BCUT2D eigenvalue weighted by Crippen LogP contribution is -2.32. The molecule has 0 aliphatic rings. The zero-order valence-electron chi connectivity index (χ0n) is 13.4. The van der Waals surface area contributed by atoms with Gasteiger partial charge in [0.15, 0.2) is 0 Å². The molecule has 0 radical (unpaired) electrons. The van der Waals surface area contributed by atoms with E-state index in [9.17, 15) is 9.59 Å². The molecule has 124 valence electrons. The molecule has 1 aromatic heterocycles. The van der Waals surface area contributed by atoms with Crippen molar-refractivity contribution in [2.45, 2.75) is 4.90 Å². The van der Waals surface area contributed by atoms with Gasteiger partial charge in [0.25, 0.3) is 5.56 Å². The highest BCUT2D eigenvalue weighted by Crippen LogP contribution is 2.28. The molecule has 1 heterocycles. The maximum absolute atomic E-state index is 12.0. The molecular weight excluding hydrogens is 334 g/mol. The van der Waals surface area contributed by atoms with E-state index in [0.29, 0.717) is 11.6 Å². The van der Waals surface area contributed by atoms with E-state index >= 15 is 0 Å². The maximum atomic E-state index is 12.0. The standard InChI is InChI=1S/C16H20ClN3O2S/c1-19(2)7-6-18-15(21)10-23-14-9-16(22)20(3)13-5-4-11(17)8-12(13)14/h4-5,8-9H,6-7,10H2,1-3H3,(H,18,21). The molecule has 1 N–H and O–H groups in total. The number of carbonyl (C=O) groups excluding carboxylic acids is 1. The molecule has 0 atom stereocenters. The fourth-order valence-corrected chi connectivity index (χ4v) is 3.20. The van der Waals surface area contributed by atoms with Crippen LogP contribution >= 0.6 is 23.4 Å². The summed E-state index contributed by atoms with van der Waals surface area (Å²) in [7, 11) is 5.63. The van der Waals surface area contributed by atoms with Gasteiger partial charge in [0.05, 0.1) is 11.3 Å². The first-order chi connectivity index (χ1) is 10.9. The van der Waals surface area contributed by atoms with Gasteiger partial charge in [-0.1, -0.05) is 11.6 Å². The van der Waals surface area contributed by atoms with E-state index in [1.807, 2.05) is 31.1 Å². The normalized spacial score (nSPS) is 11.2. The minimum atomic E-state index is -0.102. The third-order valence-corrected chi connectivity index (χ3v) is 4.70. The van der Waals surface area contributed by atoms with Crippen LogP contribution < -0.4 is 10.9 Å². The Balaban J connectivity index is 2.14. The number of hydrogen-bond acceptors (Lipinski definition) is 4. The molecule has 2 aromatic rings. The number of rotatable bonds is 6. The molecule has 0 aliphatic heterocycles. The van der Waals surface area contributed by atoms with Crippen molar-refractivity contribution in [1.82, 2.24) is 14.8 Å². The van der Waals surface area contributed by atoms with Gasteiger partial charge >= 0.3 is 0 Å². The third kappa shape index (κ3) is 4.73. The van der Waals surface area contributed by atoms with Gasteiger partial charge < -0.3 is 14.8 Å². The molecule has 0 fully saturated rings. The van der Waals surface area contributed by atoms with Crippen molar-refractivity contribution < 1.29 is 4.79 Å². The van der Waals surface area contributed by atoms with Crippen molar-refractivity contribution in [2.75, 3.05) is 32.9 Å². The van der Waals surface area contributed by atoms with Crippen LogP contribution in [0.15, 0.2) is 34.0 Å². The number of halogens is 1. The smallest absolute Gasteiger partial charge is 0.251 e. The molecule has 23 heavy (non-hydrogen) atoms. The number of hydrogen-bond donors (Lipinski definition) is 1. The number of carbonyl (C=O) groups is 1. The number of pyridine rings is 1. The minimum absolute atomic E-state index is 0.0484. The first-order valence-corrected chi connectivity index (χ1v) is 8.58. The monoisotopic (exact) mass is 353 g/mol. The van der Waals surface area contributed by atoms with Crippen LogP contribution in [0.4, 0.5) is 0 Å². The largest absolute Gasteiger partial charge is 0.354 e. The lowest BCUT2D eigenvalue weighted by atomic mass is 10.2. The summed E-state index contributed by atoms with van der Waals surface area (Å²) in [5.41, 5.74) is 0.702. The Kier molecular flexibility index (Phi) is 6.10. The predicted molar refractivity (Wildman–Crippen MR) is 96.5 cm³/mol. The molecule has 0 spiro atoms. The molecule has 0 unspecified atom stereocenters. The zero-order valence-corrected chi connectivity index (χ0v) is 15.0. The summed E-state index contributed by atoms with van der Waals surface area (Å²) in [6.45, 7) is 1.40. The Bertz CT molecular complexity index is 774. The second-order valence-corrected chi connectivity index (χ2v) is 6.96. The van der Waals surface area contributed by atoms with Gasteiger partial charge in [0, 0.05) is 41.5 Å². The summed E-state index contributed by atoms with van der Waals surface area (Å²) >= 11 is 7.41. The number of likely N-dealkylation sites (N-methyl/N-ethyl adjacent to an activating group) is 1. The Labute approximate surface area is 144 Å². The van der Waals surface area contributed by atoms with Crippen LogP contribution in [-0.4, -0.2) is 48.3 Å². The van der Waals surface area contributed by atoms with Gasteiger partial charge in [0.1, 0.15) is 0 Å². The highest BCUT2D eigenvalue weighted by Gasteiger charge is 2.10. The summed E-state index contributed by atoms with van der Waals surface area (Å²) < 4.78 is 1.58. The van der Waals surface area contributed by atoms with Gasteiger partial charge in [-0.25, -0.2) is 0 Å². The quantitative estimate of drug-likeness (QED) is 0.807. The molecule has 0 saturated carbocycles. The highest BCUT2D eigenvalue weighted by atomic mass is 35.5. The lowest BCUT2D eigenvalue weighted by molar-refractivity contribution is -0.118. The van der Waals surface area contributed by atoms with Crippen molar-refractivity contribution in [3.63, 3.8) is 0 Å². The molecule has 0 aliphatic carbocycles. The van der Waals surface area contributed by atoms with Crippen molar-refractivity contribution in [3.8, 4) is 0 Å². The minimum Gasteiger partial charge on any atom is -0.354 e. The fraction of sp³-hybridized carbons (Fsp3) is 0.375. The van der Waals surface area contributed by atoms with Crippen LogP contribution in [0.1, 0.15) is 0 Å². The van der Waals surface area contributed by atoms with Crippen LogP contribution in [0.25, 0.3) is 10.9 Å². The number of benzene rings is 1. The number of amides is 1. The molecule has 1 aromatic carbocycles. The predicted octanol–water partition coefficient (Wildman–Crippen LogP) is 1.96. The van der Waals surface area contributed by atoms with E-state index in [4.69, 9.17) is 11.6 Å². The number of aryl methyl sites for hydroxylation is 1. The topological polar surface area (TPSA) is 54.3 Å². The first-order valence-electron chi connectivity index (χ1n) is 7.22. The Morgan fingerprint density at radius 3 is 2.78 bits per heavy atom. The molecule has 2 rings (SSSR count). The highest BCUT2D eigenvalue weighted by molar-refractivity contribution is 8.00. The van der Waals surface area contributed by atoms with Gasteiger partial charge in [-0.3, -0.25) is 9.59 Å². The van der Waals surface area contributed by atoms with E-state index in [1.165, 1.54) is 11.8 Å². The SMILES string of the molecule is CN(C)CCNC(=O)CSc1cc(=O)n(C)c2ccc(Cl)cc12. The molecule has 7 heteroatoms. The second-order valence-electron chi connectivity index (χ2n) is 5.51. The van der Waals surface area contributed by atoms with Crippen LogP contribution in [0, 0.1) is 0 Å².